The molecule has 1 heterocycles. The van der Waals surface area contributed by atoms with Crippen LogP contribution in [0.1, 0.15) is 22.0 Å². The molecular formula is C12H11Br2NS. The highest BCUT2D eigenvalue weighted by molar-refractivity contribution is 9.11. The minimum Gasteiger partial charge on any atom is -0.320 e. The fraction of sp³-hybridized carbons (Fsp3) is 0.167. The van der Waals surface area contributed by atoms with E-state index in [0.29, 0.717) is 0 Å². The van der Waals surface area contributed by atoms with Crippen molar-refractivity contribution in [3.63, 3.8) is 0 Å². The van der Waals surface area contributed by atoms with E-state index in [1.807, 2.05) is 6.07 Å². The number of thiophene rings is 1. The van der Waals surface area contributed by atoms with Gasteiger partial charge in [-0.05, 0) is 47.7 Å². The summed E-state index contributed by atoms with van der Waals surface area (Å²) in [6.07, 6.45) is 0. The van der Waals surface area contributed by atoms with Crippen LogP contribution in [0.3, 0.4) is 0 Å². The van der Waals surface area contributed by atoms with Crippen LogP contribution in [0.2, 0.25) is 0 Å². The van der Waals surface area contributed by atoms with Crippen LogP contribution in [-0.4, -0.2) is 0 Å². The summed E-state index contributed by atoms with van der Waals surface area (Å²) >= 11 is 8.67. The lowest BCUT2D eigenvalue weighted by Crippen LogP contribution is -2.11. The van der Waals surface area contributed by atoms with E-state index >= 15 is 0 Å². The number of rotatable bonds is 2. The molecule has 16 heavy (non-hydrogen) atoms. The molecule has 4 heteroatoms. The number of nitrogens with two attached hydrogens (primary N) is 1. The Labute approximate surface area is 116 Å². The Morgan fingerprint density at radius 1 is 1.19 bits per heavy atom. The van der Waals surface area contributed by atoms with Crippen LogP contribution < -0.4 is 5.73 Å². The van der Waals surface area contributed by atoms with Gasteiger partial charge in [0.25, 0.3) is 0 Å². The van der Waals surface area contributed by atoms with Crippen molar-refractivity contribution < 1.29 is 0 Å². The van der Waals surface area contributed by atoms with Crippen LogP contribution in [0.25, 0.3) is 0 Å². The predicted molar refractivity (Wildman–Crippen MR) is 76.9 cm³/mol. The molecule has 84 valence electrons. The monoisotopic (exact) mass is 359 g/mol. The third-order valence-electron chi connectivity index (χ3n) is 2.43. The lowest BCUT2D eigenvalue weighted by molar-refractivity contribution is 0.883. The van der Waals surface area contributed by atoms with Crippen molar-refractivity contribution in [3.05, 3.63) is 54.6 Å². The molecule has 0 bridgehead atoms. The van der Waals surface area contributed by atoms with Crippen LogP contribution in [0.4, 0.5) is 0 Å². The van der Waals surface area contributed by atoms with Gasteiger partial charge in [0.2, 0.25) is 0 Å². The van der Waals surface area contributed by atoms with Gasteiger partial charge >= 0.3 is 0 Å². The van der Waals surface area contributed by atoms with Gasteiger partial charge in [0.05, 0.1) is 6.04 Å². The van der Waals surface area contributed by atoms with E-state index in [9.17, 15) is 0 Å². The Morgan fingerprint density at radius 3 is 2.31 bits per heavy atom. The molecule has 2 N–H and O–H groups in total. The fourth-order valence-corrected chi connectivity index (χ4v) is 3.89. The molecule has 2 rings (SSSR count). The van der Waals surface area contributed by atoms with Crippen molar-refractivity contribution in [1.82, 2.24) is 0 Å². The van der Waals surface area contributed by atoms with Gasteiger partial charge in [-0.25, -0.2) is 0 Å². The maximum atomic E-state index is 6.27. The van der Waals surface area contributed by atoms with Crippen molar-refractivity contribution in [2.24, 2.45) is 5.73 Å². The van der Waals surface area contributed by atoms with Crippen molar-refractivity contribution in [2.45, 2.75) is 13.0 Å². The highest BCUT2D eigenvalue weighted by atomic mass is 79.9. The summed E-state index contributed by atoms with van der Waals surface area (Å²) < 4.78 is 2.09. The lowest BCUT2D eigenvalue weighted by atomic mass is 10.0. The molecule has 0 aliphatic heterocycles. The average Bonchev–Trinajstić information content (AvgIpc) is 2.62. The molecular weight excluding hydrogens is 350 g/mol. The second-order valence-electron chi connectivity index (χ2n) is 3.65. The first-order valence-electron chi connectivity index (χ1n) is 4.83. The predicted octanol–water partition coefficient (Wildman–Crippen LogP) is 4.63. The smallest absolute Gasteiger partial charge is 0.0649 e. The van der Waals surface area contributed by atoms with Gasteiger partial charge in [-0.3, -0.25) is 0 Å². The number of benzene rings is 1. The number of hydrogen-bond donors (Lipinski definition) is 1. The van der Waals surface area contributed by atoms with E-state index in [1.165, 1.54) is 10.4 Å². The molecule has 0 aliphatic rings. The summed E-state index contributed by atoms with van der Waals surface area (Å²) in [4.78, 5) is 1.23. The first-order valence-corrected chi connectivity index (χ1v) is 7.30. The largest absolute Gasteiger partial charge is 0.320 e. The number of aryl methyl sites for hydroxylation is 1. The second-order valence-corrected chi connectivity index (χ2v) is 6.43. The van der Waals surface area contributed by atoms with E-state index in [4.69, 9.17) is 5.73 Å². The highest BCUT2D eigenvalue weighted by Gasteiger charge is 2.13. The lowest BCUT2D eigenvalue weighted by Gasteiger charge is -2.12. The third-order valence-corrected chi connectivity index (χ3v) is 4.45. The fourth-order valence-electron chi connectivity index (χ4n) is 1.61. The quantitative estimate of drug-likeness (QED) is 0.830. The molecule has 0 spiro atoms. The maximum Gasteiger partial charge on any atom is 0.0649 e. The minimum atomic E-state index is -0.0474. The molecule has 0 saturated heterocycles. The first-order chi connectivity index (χ1) is 7.58. The topological polar surface area (TPSA) is 26.0 Å². The normalized spacial score (nSPS) is 12.8. The van der Waals surface area contributed by atoms with Crippen molar-refractivity contribution in [2.75, 3.05) is 0 Å². The summed E-state index contributed by atoms with van der Waals surface area (Å²) in [6, 6.07) is 8.20. The molecule has 1 aromatic heterocycles. The molecule has 1 unspecified atom stereocenters. The van der Waals surface area contributed by atoms with Gasteiger partial charge in [-0.15, -0.1) is 11.3 Å². The van der Waals surface area contributed by atoms with Gasteiger partial charge in [0.15, 0.2) is 0 Å². The molecule has 1 atom stereocenters. The number of hydrogen-bond acceptors (Lipinski definition) is 2. The SMILES string of the molecule is Cc1ccsc1C(N)c1cc(Br)cc(Br)c1. The summed E-state index contributed by atoms with van der Waals surface area (Å²) in [5, 5.41) is 2.08. The maximum absolute atomic E-state index is 6.27. The molecule has 1 aromatic carbocycles. The molecule has 0 fully saturated rings. The van der Waals surface area contributed by atoms with Gasteiger partial charge in [0.1, 0.15) is 0 Å². The first kappa shape index (κ1) is 12.3. The Hall–Kier alpha value is -0.160. The van der Waals surface area contributed by atoms with E-state index in [1.54, 1.807) is 11.3 Å². The van der Waals surface area contributed by atoms with Gasteiger partial charge in [-0.2, -0.15) is 0 Å². The van der Waals surface area contributed by atoms with E-state index in [0.717, 1.165) is 14.5 Å². The van der Waals surface area contributed by atoms with E-state index < -0.39 is 0 Å². The summed E-state index contributed by atoms with van der Waals surface area (Å²) in [6.45, 7) is 2.10. The number of halogens is 2. The summed E-state index contributed by atoms with van der Waals surface area (Å²) in [7, 11) is 0. The van der Waals surface area contributed by atoms with Gasteiger partial charge in [-0.1, -0.05) is 31.9 Å². The molecule has 1 nitrogen and oxygen atoms in total. The second kappa shape index (κ2) is 5.00. The van der Waals surface area contributed by atoms with Crippen molar-refractivity contribution in [3.8, 4) is 0 Å². The van der Waals surface area contributed by atoms with E-state index in [2.05, 4.69) is 62.4 Å². The summed E-state index contributed by atoms with van der Waals surface area (Å²) in [5.74, 6) is 0. The van der Waals surface area contributed by atoms with Crippen LogP contribution >= 0.6 is 43.2 Å². The zero-order valence-electron chi connectivity index (χ0n) is 8.71. The van der Waals surface area contributed by atoms with Crippen LogP contribution in [0.5, 0.6) is 0 Å². The average molecular weight is 361 g/mol. The molecule has 2 aromatic rings. The van der Waals surface area contributed by atoms with E-state index in [-0.39, 0.29) is 6.04 Å². The van der Waals surface area contributed by atoms with Crippen LogP contribution in [0, 0.1) is 6.92 Å². The molecule has 0 amide bonds. The Kier molecular flexibility index (Phi) is 3.85. The highest BCUT2D eigenvalue weighted by Crippen LogP contribution is 2.30. The Morgan fingerprint density at radius 2 is 1.81 bits per heavy atom. The molecule has 0 saturated carbocycles. The Balaban J connectivity index is 2.41. The zero-order valence-corrected chi connectivity index (χ0v) is 12.7. The van der Waals surface area contributed by atoms with Gasteiger partial charge < -0.3 is 5.73 Å². The third kappa shape index (κ3) is 2.56. The summed E-state index contributed by atoms with van der Waals surface area (Å²) in [5.41, 5.74) is 8.64. The molecule has 0 aliphatic carbocycles. The van der Waals surface area contributed by atoms with Crippen LogP contribution in [0.15, 0.2) is 38.6 Å². The van der Waals surface area contributed by atoms with Crippen LogP contribution in [-0.2, 0) is 0 Å². The van der Waals surface area contributed by atoms with Gasteiger partial charge in [0, 0.05) is 13.8 Å². The van der Waals surface area contributed by atoms with Crippen molar-refractivity contribution >= 4 is 43.2 Å². The zero-order chi connectivity index (χ0) is 11.7. The minimum absolute atomic E-state index is 0.0474. The standard InChI is InChI=1S/C12H11Br2NS/c1-7-2-3-16-12(7)11(15)8-4-9(13)6-10(14)5-8/h2-6,11H,15H2,1H3. The molecule has 0 radical (unpaired) electrons. The van der Waals surface area contributed by atoms with Crippen molar-refractivity contribution in [1.29, 1.82) is 0 Å². The Bertz CT molecular complexity index is 487.